The van der Waals surface area contributed by atoms with Crippen molar-refractivity contribution < 1.29 is 4.73 Å². The summed E-state index contributed by atoms with van der Waals surface area (Å²) in [5.41, 5.74) is 1.88. The van der Waals surface area contributed by atoms with Crippen molar-refractivity contribution in [3.63, 3.8) is 0 Å². The fourth-order valence-corrected chi connectivity index (χ4v) is 1.44. The van der Waals surface area contributed by atoms with Gasteiger partial charge in [-0.3, -0.25) is 0 Å². The minimum Gasteiger partial charge on any atom is -0.619 e. The molecular weight excluding hydrogens is 226 g/mol. The number of hydrogen-bond acceptors (Lipinski definition) is 3. The van der Waals surface area contributed by atoms with Gasteiger partial charge >= 0.3 is 0 Å². The van der Waals surface area contributed by atoms with Crippen LogP contribution in [-0.2, 0) is 0 Å². The van der Waals surface area contributed by atoms with Crippen LogP contribution in [0.1, 0.15) is 5.56 Å². The first-order valence-corrected chi connectivity index (χ1v) is 4.83. The molecule has 0 aliphatic carbocycles. The first-order valence-electron chi connectivity index (χ1n) is 4.45. The lowest BCUT2D eigenvalue weighted by molar-refractivity contribution is -0.605. The van der Waals surface area contributed by atoms with E-state index in [1.54, 1.807) is 24.4 Å². The lowest BCUT2D eigenvalue weighted by atomic mass is 10.1. The zero-order valence-electron chi connectivity index (χ0n) is 8.09. The summed E-state index contributed by atoms with van der Waals surface area (Å²) in [5, 5.41) is 19.8. The fraction of sp³-hybridized carbons (Fsp3) is 0. The van der Waals surface area contributed by atoms with Crippen LogP contribution in [0.2, 0.25) is 5.15 Å². The van der Waals surface area contributed by atoms with E-state index in [-0.39, 0.29) is 5.15 Å². The quantitative estimate of drug-likeness (QED) is 0.428. The highest BCUT2D eigenvalue weighted by atomic mass is 35.5. The molecule has 0 saturated carbocycles. The number of aromatic nitrogens is 2. The van der Waals surface area contributed by atoms with Crippen molar-refractivity contribution >= 4 is 11.6 Å². The Balaban J connectivity index is 2.49. The average Bonchev–Trinajstić information content (AvgIpc) is 2.31. The molecule has 2 heterocycles. The van der Waals surface area contributed by atoms with E-state index in [0.29, 0.717) is 10.3 Å². The Morgan fingerprint density at radius 1 is 1.31 bits per heavy atom. The van der Waals surface area contributed by atoms with Crippen LogP contribution in [-0.4, -0.2) is 4.98 Å². The van der Waals surface area contributed by atoms with E-state index >= 15 is 0 Å². The Morgan fingerprint density at radius 2 is 2.00 bits per heavy atom. The van der Waals surface area contributed by atoms with Crippen molar-refractivity contribution in [3.05, 3.63) is 52.7 Å². The number of hydrogen-bond donors (Lipinski definition) is 0. The second-order valence-electron chi connectivity index (χ2n) is 3.12. The molecule has 4 nitrogen and oxygen atoms in total. The average molecular weight is 232 g/mol. The molecule has 2 rings (SSSR count). The zero-order valence-corrected chi connectivity index (χ0v) is 8.85. The molecule has 0 unspecified atom stereocenters. The van der Waals surface area contributed by atoms with Crippen LogP contribution in [0.15, 0.2) is 36.8 Å². The molecule has 0 amide bonds. The molecule has 0 aliphatic rings. The lowest BCUT2D eigenvalue weighted by Gasteiger charge is -2.02. The fourth-order valence-electron chi connectivity index (χ4n) is 1.29. The molecule has 0 bridgehead atoms. The lowest BCUT2D eigenvalue weighted by Crippen LogP contribution is -2.23. The highest BCUT2D eigenvalue weighted by Gasteiger charge is 2.05. The molecule has 2 aromatic heterocycles. The number of halogens is 1. The first-order chi connectivity index (χ1) is 7.70. The molecule has 0 spiro atoms. The Bertz CT molecular complexity index is 560. The molecular formula is C11H6ClN3O. The van der Waals surface area contributed by atoms with E-state index in [0.717, 1.165) is 11.1 Å². The summed E-state index contributed by atoms with van der Waals surface area (Å²) in [7, 11) is 0. The predicted molar refractivity (Wildman–Crippen MR) is 58.4 cm³/mol. The van der Waals surface area contributed by atoms with E-state index in [9.17, 15) is 5.21 Å². The maximum Gasteiger partial charge on any atom is 0.180 e. The third-order valence-corrected chi connectivity index (χ3v) is 2.40. The van der Waals surface area contributed by atoms with Crippen LogP contribution in [0.4, 0.5) is 0 Å². The summed E-state index contributed by atoms with van der Waals surface area (Å²) in [6, 6.07) is 6.90. The summed E-state index contributed by atoms with van der Waals surface area (Å²) >= 11 is 5.72. The molecule has 0 aromatic carbocycles. The largest absolute Gasteiger partial charge is 0.619 e. The topological polar surface area (TPSA) is 63.6 Å². The second-order valence-corrected chi connectivity index (χ2v) is 3.48. The molecule has 5 heteroatoms. The minimum absolute atomic E-state index is 0.182. The Hall–Kier alpha value is -2.12. The molecule has 0 aliphatic heterocycles. The highest BCUT2D eigenvalue weighted by Crippen LogP contribution is 2.21. The number of nitrogens with zero attached hydrogens (tertiary/aromatic N) is 3. The number of nitriles is 1. The standard InChI is InChI=1S/C11H6ClN3O/c12-11-9(6-13)5-10(7-14-11)8-1-3-15(16)4-2-8/h1-5,7H. The van der Waals surface area contributed by atoms with Crippen molar-refractivity contribution in [3.8, 4) is 17.2 Å². The smallest absolute Gasteiger partial charge is 0.180 e. The summed E-state index contributed by atoms with van der Waals surface area (Å²) in [5.74, 6) is 0. The predicted octanol–water partition coefficient (Wildman–Crippen LogP) is 1.91. The van der Waals surface area contributed by atoms with Gasteiger partial charge < -0.3 is 5.21 Å². The maximum absolute atomic E-state index is 10.9. The molecule has 78 valence electrons. The van der Waals surface area contributed by atoms with Crippen LogP contribution in [0.5, 0.6) is 0 Å². The van der Waals surface area contributed by atoms with Gasteiger partial charge in [0.25, 0.3) is 0 Å². The van der Waals surface area contributed by atoms with Crippen LogP contribution in [0.3, 0.4) is 0 Å². The normalized spacial score (nSPS) is 9.75. The van der Waals surface area contributed by atoms with Gasteiger partial charge in [-0.05, 0) is 11.6 Å². The maximum atomic E-state index is 10.9. The highest BCUT2D eigenvalue weighted by molar-refractivity contribution is 6.30. The summed E-state index contributed by atoms with van der Waals surface area (Å²) in [6.45, 7) is 0. The number of pyridine rings is 2. The van der Waals surface area contributed by atoms with Gasteiger partial charge in [-0.2, -0.15) is 9.99 Å². The Morgan fingerprint density at radius 3 is 2.62 bits per heavy atom. The molecule has 2 aromatic rings. The van der Waals surface area contributed by atoms with Crippen molar-refractivity contribution in [2.24, 2.45) is 0 Å². The molecule has 0 atom stereocenters. The van der Waals surface area contributed by atoms with E-state index in [4.69, 9.17) is 16.9 Å². The summed E-state index contributed by atoms with van der Waals surface area (Å²) < 4.78 is 0.693. The SMILES string of the molecule is N#Cc1cc(-c2cc[n+]([O-])cc2)cnc1Cl. The molecule has 0 saturated heterocycles. The van der Waals surface area contributed by atoms with E-state index in [1.807, 2.05) is 6.07 Å². The van der Waals surface area contributed by atoms with Gasteiger partial charge in [-0.15, -0.1) is 0 Å². The third-order valence-electron chi connectivity index (χ3n) is 2.09. The Kier molecular flexibility index (Phi) is 2.71. The van der Waals surface area contributed by atoms with Crippen LogP contribution < -0.4 is 4.73 Å². The zero-order chi connectivity index (χ0) is 11.5. The van der Waals surface area contributed by atoms with Gasteiger partial charge in [-0.25, -0.2) is 4.98 Å². The van der Waals surface area contributed by atoms with E-state index in [2.05, 4.69) is 4.98 Å². The second kappa shape index (κ2) is 4.17. The van der Waals surface area contributed by atoms with Gasteiger partial charge in [0.2, 0.25) is 0 Å². The first kappa shape index (κ1) is 10.4. The van der Waals surface area contributed by atoms with Crippen molar-refractivity contribution in [2.75, 3.05) is 0 Å². The molecule has 0 radical (unpaired) electrons. The van der Waals surface area contributed by atoms with Gasteiger partial charge in [-0.1, -0.05) is 11.6 Å². The molecule has 0 N–H and O–H groups in total. The Labute approximate surface area is 96.9 Å². The van der Waals surface area contributed by atoms with Crippen LogP contribution >= 0.6 is 11.6 Å². The van der Waals surface area contributed by atoms with Crippen molar-refractivity contribution in [1.29, 1.82) is 5.26 Å². The summed E-state index contributed by atoms with van der Waals surface area (Å²) in [6.07, 6.45) is 4.33. The summed E-state index contributed by atoms with van der Waals surface area (Å²) in [4.78, 5) is 3.91. The van der Waals surface area contributed by atoms with Crippen molar-refractivity contribution in [1.82, 2.24) is 4.98 Å². The van der Waals surface area contributed by atoms with E-state index < -0.39 is 0 Å². The van der Waals surface area contributed by atoms with E-state index in [1.165, 1.54) is 12.4 Å². The van der Waals surface area contributed by atoms with Gasteiger partial charge in [0.15, 0.2) is 12.4 Å². The monoisotopic (exact) mass is 231 g/mol. The third kappa shape index (κ3) is 1.95. The minimum atomic E-state index is 0.182. The van der Waals surface area contributed by atoms with Crippen LogP contribution in [0, 0.1) is 16.5 Å². The number of rotatable bonds is 1. The molecule has 16 heavy (non-hydrogen) atoms. The van der Waals surface area contributed by atoms with Gasteiger partial charge in [0.05, 0.1) is 5.56 Å². The molecule has 0 fully saturated rings. The van der Waals surface area contributed by atoms with Crippen LogP contribution in [0.25, 0.3) is 11.1 Å². The van der Waals surface area contributed by atoms with Gasteiger partial charge in [0, 0.05) is 23.9 Å². The van der Waals surface area contributed by atoms with Gasteiger partial charge in [0.1, 0.15) is 11.2 Å². The van der Waals surface area contributed by atoms with Crippen molar-refractivity contribution in [2.45, 2.75) is 0 Å².